The minimum Gasteiger partial charge on any atom is -0.611 e. The van der Waals surface area contributed by atoms with Gasteiger partial charge in [-0.3, -0.25) is 4.79 Å². The van der Waals surface area contributed by atoms with Crippen LogP contribution in [0, 0.1) is 18.6 Å². The number of carbonyl (C=O) groups is 2. The summed E-state index contributed by atoms with van der Waals surface area (Å²) in [6, 6.07) is 8.18. The number of aliphatic hydroxyl groups excluding tert-OH is 1. The van der Waals surface area contributed by atoms with Gasteiger partial charge in [-0.1, -0.05) is 12.1 Å². The molecule has 3 rings (SSSR count). The van der Waals surface area contributed by atoms with Crippen molar-refractivity contribution in [3.05, 3.63) is 64.9 Å². The third kappa shape index (κ3) is 5.40. The van der Waals surface area contributed by atoms with Gasteiger partial charge in [0.15, 0.2) is 16.5 Å². The minimum atomic E-state index is -1.61. The molecule has 2 atom stereocenters. The molecule has 1 amide bonds. The standard InChI is InChI=1S/C24H26F2N2O5S/c1-13(2)33-21(30)12-34(32)16-7-5-15(6-8-16)18(11-29)27-24(31)20-10-17-19(28(20)4)9-14(3)22(25)23(17)26/h5-10,13,18,29H,11-12H2,1-4H3,(H,27,31)/t18-,34+/m1/s1. The monoisotopic (exact) mass is 492 g/mol. The Hall–Kier alpha value is -2.95. The minimum absolute atomic E-state index is 0.0147. The highest BCUT2D eigenvalue weighted by Gasteiger charge is 2.23. The summed E-state index contributed by atoms with van der Waals surface area (Å²) in [5, 5.41) is 12.5. The lowest BCUT2D eigenvalue weighted by Gasteiger charge is -2.18. The van der Waals surface area contributed by atoms with E-state index in [0.29, 0.717) is 16.0 Å². The summed E-state index contributed by atoms with van der Waals surface area (Å²) in [6.07, 6.45) is -0.304. The molecule has 0 aliphatic rings. The van der Waals surface area contributed by atoms with Gasteiger partial charge in [0, 0.05) is 12.4 Å². The molecular weight excluding hydrogens is 466 g/mol. The molecule has 1 aromatic heterocycles. The van der Waals surface area contributed by atoms with Gasteiger partial charge in [0.05, 0.1) is 24.3 Å². The number of ether oxygens (including phenoxy) is 1. The van der Waals surface area contributed by atoms with Crippen LogP contribution in [-0.2, 0) is 27.8 Å². The van der Waals surface area contributed by atoms with Crippen molar-refractivity contribution in [2.24, 2.45) is 7.05 Å². The highest BCUT2D eigenvalue weighted by molar-refractivity contribution is 7.92. The maximum atomic E-state index is 14.3. The second-order valence-electron chi connectivity index (χ2n) is 8.15. The van der Waals surface area contributed by atoms with Gasteiger partial charge in [-0.2, -0.15) is 0 Å². The fourth-order valence-electron chi connectivity index (χ4n) is 3.55. The maximum absolute atomic E-state index is 14.3. The Kier molecular flexibility index (Phi) is 7.96. The van der Waals surface area contributed by atoms with Crippen LogP contribution in [0.2, 0.25) is 0 Å². The first kappa shape index (κ1) is 25.7. The highest BCUT2D eigenvalue weighted by atomic mass is 32.2. The van der Waals surface area contributed by atoms with Gasteiger partial charge < -0.3 is 24.3 Å². The average molecular weight is 493 g/mol. The molecule has 0 saturated heterocycles. The molecule has 10 heteroatoms. The Morgan fingerprint density at radius 2 is 1.82 bits per heavy atom. The van der Waals surface area contributed by atoms with Crippen molar-refractivity contribution < 1.29 is 32.8 Å². The molecule has 0 fully saturated rings. The maximum Gasteiger partial charge on any atom is 0.357 e. The highest BCUT2D eigenvalue weighted by Crippen LogP contribution is 2.27. The molecule has 2 N–H and O–H groups in total. The van der Waals surface area contributed by atoms with E-state index >= 15 is 0 Å². The van der Waals surface area contributed by atoms with Crippen molar-refractivity contribution in [2.45, 2.75) is 37.8 Å². The summed E-state index contributed by atoms with van der Waals surface area (Å²) in [7, 11) is 1.57. The van der Waals surface area contributed by atoms with Crippen molar-refractivity contribution in [2.75, 3.05) is 12.4 Å². The molecule has 0 aliphatic carbocycles. The first-order valence-electron chi connectivity index (χ1n) is 10.6. The number of amides is 1. The number of halogens is 2. The normalized spacial score (nSPS) is 13.2. The second kappa shape index (κ2) is 10.5. The number of aromatic nitrogens is 1. The van der Waals surface area contributed by atoms with Gasteiger partial charge in [0.1, 0.15) is 5.69 Å². The van der Waals surface area contributed by atoms with Crippen LogP contribution in [0.15, 0.2) is 41.3 Å². The lowest BCUT2D eigenvalue weighted by atomic mass is 10.1. The van der Waals surface area contributed by atoms with Crippen LogP contribution in [0.1, 0.15) is 41.5 Å². The topological polar surface area (TPSA) is 104 Å². The lowest BCUT2D eigenvalue weighted by Crippen LogP contribution is -2.32. The Balaban J connectivity index is 1.76. The second-order valence-corrected chi connectivity index (χ2v) is 9.60. The molecule has 0 aliphatic heterocycles. The summed E-state index contributed by atoms with van der Waals surface area (Å²) in [5.74, 6) is -3.42. The van der Waals surface area contributed by atoms with Crippen molar-refractivity contribution in [3.63, 3.8) is 0 Å². The Bertz CT molecular complexity index is 1210. The Morgan fingerprint density at radius 1 is 1.18 bits per heavy atom. The van der Waals surface area contributed by atoms with Crippen LogP contribution >= 0.6 is 0 Å². The zero-order chi connectivity index (χ0) is 25.2. The number of aryl methyl sites for hydroxylation is 2. The van der Waals surface area contributed by atoms with E-state index < -0.39 is 47.3 Å². The van der Waals surface area contributed by atoms with Gasteiger partial charge in [0.25, 0.3) is 5.91 Å². The molecule has 182 valence electrons. The van der Waals surface area contributed by atoms with Crippen molar-refractivity contribution in [1.29, 1.82) is 0 Å². The number of hydrogen-bond donors (Lipinski definition) is 2. The van der Waals surface area contributed by atoms with Gasteiger partial charge in [-0.05, 0) is 67.3 Å². The fourth-order valence-corrected chi connectivity index (χ4v) is 4.44. The predicted octanol–water partition coefficient (Wildman–Crippen LogP) is 3.29. The van der Waals surface area contributed by atoms with Crippen LogP contribution in [0.3, 0.4) is 0 Å². The average Bonchev–Trinajstić information content (AvgIpc) is 3.11. The molecule has 3 aromatic rings. The Labute approximate surface area is 198 Å². The molecule has 0 radical (unpaired) electrons. The van der Waals surface area contributed by atoms with E-state index in [1.807, 2.05) is 0 Å². The summed E-state index contributed by atoms with van der Waals surface area (Å²) in [5.41, 5.74) is 1.12. The SMILES string of the molecule is Cc1cc2c(cc(C(=O)N[C@H](CO)c3ccc([S@@+]([O-])CC(=O)OC(C)C)cc3)n2C)c(F)c1F. The molecule has 7 nitrogen and oxygen atoms in total. The van der Waals surface area contributed by atoms with Crippen LogP contribution in [0.5, 0.6) is 0 Å². The molecule has 0 bridgehead atoms. The summed E-state index contributed by atoms with van der Waals surface area (Å²) >= 11 is -1.61. The van der Waals surface area contributed by atoms with E-state index in [1.54, 1.807) is 45.2 Å². The number of aliphatic hydroxyl groups is 1. The third-order valence-corrected chi connectivity index (χ3v) is 6.59. The van der Waals surface area contributed by atoms with Crippen LogP contribution in [-0.4, -0.2) is 44.6 Å². The number of benzene rings is 2. The van der Waals surface area contributed by atoms with Crippen molar-refractivity contribution >= 4 is 34.0 Å². The molecule has 0 saturated carbocycles. The first-order valence-corrected chi connectivity index (χ1v) is 11.9. The van der Waals surface area contributed by atoms with E-state index in [-0.39, 0.29) is 28.5 Å². The van der Waals surface area contributed by atoms with Crippen molar-refractivity contribution in [1.82, 2.24) is 9.88 Å². The van der Waals surface area contributed by atoms with Crippen LogP contribution in [0.25, 0.3) is 10.9 Å². The molecule has 2 aromatic carbocycles. The lowest BCUT2D eigenvalue weighted by molar-refractivity contribution is -0.144. The smallest absolute Gasteiger partial charge is 0.357 e. The molecule has 1 heterocycles. The van der Waals surface area contributed by atoms with E-state index in [1.165, 1.54) is 23.6 Å². The number of fused-ring (bicyclic) bond motifs is 1. The summed E-state index contributed by atoms with van der Waals surface area (Å²) < 4.78 is 47.1. The quantitative estimate of drug-likeness (QED) is 0.371. The molecule has 34 heavy (non-hydrogen) atoms. The zero-order valence-electron chi connectivity index (χ0n) is 19.2. The number of carbonyl (C=O) groups excluding carboxylic acids is 2. The molecule has 0 spiro atoms. The van der Waals surface area contributed by atoms with Crippen LogP contribution < -0.4 is 5.32 Å². The summed E-state index contributed by atoms with van der Waals surface area (Å²) in [4.78, 5) is 25.0. The number of hydrogen-bond acceptors (Lipinski definition) is 5. The Morgan fingerprint density at radius 3 is 2.41 bits per heavy atom. The molecular formula is C24H26F2N2O5S. The number of nitrogens with one attached hydrogen (secondary N) is 1. The van der Waals surface area contributed by atoms with Crippen molar-refractivity contribution in [3.8, 4) is 0 Å². The van der Waals surface area contributed by atoms with E-state index in [2.05, 4.69) is 5.32 Å². The number of esters is 1. The number of nitrogens with zero attached hydrogens (tertiary/aromatic N) is 1. The van der Waals surface area contributed by atoms with E-state index in [9.17, 15) is 28.0 Å². The van der Waals surface area contributed by atoms with Gasteiger partial charge in [-0.25, -0.2) is 13.6 Å². The first-order chi connectivity index (χ1) is 16.0. The van der Waals surface area contributed by atoms with Gasteiger partial charge in [-0.15, -0.1) is 0 Å². The fraction of sp³-hybridized carbons (Fsp3) is 0.333. The molecule has 0 unspecified atom stereocenters. The predicted molar refractivity (Wildman–Crippen MR) is 124 cm³/mol. The van der Waals surface area contributed by atoms with Gasteiger partial charge in [0.2, 0.25) is 5.75 Å². The van der Waals surface area contributed by atoms with E-state index in [0.717, 1.165) is 0 Å². The number of rotatable bonds is 8. The third-order valence-electron chi connectivity index (χ3n) is 5.29. The zero-order valence-corrected chi connectivity index (χ0v) is 20.0. The van der Waals surface area contributed by atoms with Crippen LogP contribution in [0.4, 0.5) is 8.78 Å². The summed E-state index contributed by atoms with van der Waals surface area (Å²) in [6.45, 7) is 4.41. The van der Waals surface area contributed by atoms with Gasteiger partial charge >= 0.3 is 5.97 Å². The van der Waals surface area contributed by atoms with E-state index in [4.69, 9.17) is 4.74 Å². The largest absolute Gasteiger partial charge is 0.611 e.